The van der Waals surface area contributed by atoms with E-state index in [2.05, 4.69) is 10.3 Å². The maximum Gasteiger partial charge on any atom is 0.269 e. The van der Waals surface area contributed by atoms with Crippen molar-refractivity contribution in [2.75, 3.05) is 6.54 Å². The molecule has 0 unspecified atom stereocenters. The minimum Gasteiger partial charge on any atom is -0.389 e. The highest BCUT2D eigenvalue weighted by atomic mass is 32.1. The van der Waals surface area contributed by atoms with Gasteiger partial charge in [0.05, 0.1) is 0 Å². The molecule has 1 aliphatic carbocycles. The van der Waals surface area contributed by atoms with Crippen LogP contribution in [0.25, 0.3) is 0 Å². The van der Waals surface area contributed by atoms with Crippen LogP contribution < -0.4 is 11.1 Å². The first-order valence-corrected chi connectivity index (χ1v) is 5.61. The van der Waals surface area contributed by atoms with Crippen LogP contribution in [0.4, 0.5) is 0 Å². The third kappa shape index (κ3) is 2.76. The Balaban J connectivity index is 1.96. The van der Waals surface area contributed by atoms with Crippen molar-refractivity contribution in [2.24, 2.45) is 11.7 Å². The maximum absolute atomic E-state index is 11.6. The monoisotopic (exact) mass is 235 g/mol. The lowest BCUT2D eigenvalue weighted by Crippen LogP contribution is -2.26. The molecule has 84 valence electrons. The molecular weight excluding hydrogens is 222 g/mol. The Morgan fingerprint density at radius 2 is 2.31 bits per heavy atom. The van der Waals surface area contributed by atoms with Crippen LogP contribution in [0.1, 0.15) is 28.9 Å². The molecule has 1 amide bonds. The van der Waals surface area contributed by atoms with Gasteiger partial charge in [0.2, 0.25) is 0 Å². The van der Waals surface area contributed by atoms with Crippen molar-refractivity contribution in [3.8, 4) is 0 Å². The van der Waals surface area contributed by atoms with Gasteiger partial charge in [-0.05, 0) is 30.9 Å². The number of thiocarbonyl (C=S) groups is 1. The molecule has 0 aromatic carbocycles. The van der Waals surface area contributed by atoms with Crippen molar-refractivity contribution in [1.82, 2.24) is 10.3 Å². The molecular formula is C11H13N3OS. The highest BCUT2D eigenvalue weighted by Crippen LogP contribution is 2.27. The summed E-state index contributed by atoms with van der Waals surface area (Å²) < 4.78 is 0. The summed E-state index contributed by atoms with van der Waals surface area (Å²) >= 11 is 4.80. The Kier molecular flexibility index (Phi) is 3.14. The topological polar surface area (TPSA) is 68.0 Å². The molecule has 0 spiro atoms. The van der Waals surface area contributed by atoms with Crippen LogP contribution in [-0.2, 0) is 0 Å². The number of amides is 1. The summed E-state index contributed by atoms with van der Waals surface area (Å²) in [5, 5.41) is 2.84. The minimum absolute atomic E-state index is 0.138. The van der Waals surface area contributed by atoms with E-state index in [1.807, 2.05) is 0 Å². The zero-order valence-corrected chi connectivity index (χ0v) is 9.59. The Labute approximate surface area is 99.2 Å². The van der Waals surface area contributed by atoms with Crippen LogP contribution in [-0.4, -0.2) is 22.4 Å². The quantitative estimate of drug-likeness (QED) is 0.759. The summed E-state index contributed by atoms with van der Waals surface area (Å²) in [5.41, 5.74) is 6.52. The average Bonchev–Trinajstić information content (AvgIpc) is 3.10. The molecule has 1 aromatic rings. The average molecular weight is 235 g/mol. The molecule has 0 aliphatic heterocycles. The van der Waals surface area contributed by atoms with E-state index >= 15 is 0 Å². The standard InChI is InChI=1S/C11H13N3OS/c12-10(16)8-3-4-9(13-6-8)11(15)14-5-7-1-2-7/h3-4,6-7H,1-2,5H2,(H2,12,16)(H,14,15). The molecule has 3 N–H and O–H groups in total. The maximum atomic E-state index is 11.6. The van der Waals surface area contributed by atoms with Crippen molar-refractivity contribution in [3.63, 3.8) is 0 Å². The molecule has 1 heterocycles. The number of nitrogens with one attached hydrogen (secondary N) is 1. The molecule has 16 heavy (non-hydrogen) atoms. The lowest BCUT2D eigenvalue weighted by molar-refractivity contribution is 0.0947. The van der Waals surface area contributed by atoms with Crippen molar-refractivity contribution in [2.45, 2.75) is 12.8 Å². The van der Waals surface area contributed by atoms with Gasteiger partial charge in [-0.3, -0.25) is 9.78 Å². The highest BCUT2D eigenvalue weighted by Gasteiger charge is 2.22. The number of rotatable bonds is 4. The van der Waals surface area contributed by atoms with Gasteiger partial charge < -0.3 is 11.1 Å². The van der Waals surface area contributed by atoms with Crippen molar-refractivity contribution < 1.29 is 4.79 Å². The van der Waals surface area contributed by atoms with Crippen LogP contribution in [0.2, 0.25) is 0 Å². The molecule has 0 bridgehead atoms. The first kappa shape index (κ1) is 11.0. The van der Waals surface area contributed by atoms with Crippen molar-refractivity contribution in [3.05, 3.63) is 29.6 Å². The second-order valence-electron chi connectivity index (χ2n) is 3.95. The second-order valence-corrected chi connectivity index (χ2v) is 4.39. The van der Waals surface area contributed by atoms with Crippen molar-refractivity contribution in [1.29, 1.82) is 0 Å². The van der Waals surface area contributed by atoms with Gasteiger partial charge >= 0.3 is 0 Å². The molecule has 1 aromatic heterocycles. The first-order chi connectivity index (χ1) is 7.66. The minimum atomic E-state index is -0.138. The van der Waals surface area contributed by atoms with Gasteiger partial charge in [0.1, 0.15) is 10.7 Å². The molecule has 4 nitrogen and oxygen atoms in total. The smallest absolute Gasteiger partial charge is 0.269 e. The fourth-order valence-corrected chi connectivity index (χ4v) is 1.44. The molecule has 1 aliphatic rings. The second kappa shape index (κ2) is 4.57. The highest BCUT2D eigenvalue weighted by molar-refractivity contribution is 7.80. The van der Waals surface area contributed by atoms with Crippen LogP contribution in [0.15, 0.2) is 18.3 Å². The molecule has 2 rings (SSSR count). The number of hydrogen-bond acceptors (Lipinski definition) is 3. The van der Waals surface area contributed by atoms with Crippen molar-refractivity contribution >= 4 is 23.1 Å². The van der Waals surface area contributed by atoms with E-state index in [4.69, 9.17) is 18.0 Å². The van der Waals surface area contributed by atoms with E-state index in [-0.39, 0.29) is 10.9 Å². The fourth-order valence-electron chi connectivity index (χ4n) is 1.32. The van der Waals surface area contributed by atoms with Gasteiger partial charge in [-0.25, -0.2) is 0 Å². The summed E-state index contributed by atoms with van der Waals surface area (Å²) in [4.78, 5) is 15.9. The Morgan fingerprint density at radius 3 is 2.81 bits per heavy atom. The summed E-state index contributed by atoms with van der Waals surface area (Å²) in [6, 6.07) is 3.35. The van der Waals surface area contributed by atoms with Crippen LogP contribution in [0.5, 0.6) is 0 Å². The molecule has 0 radical (unpaired) electrons. The predicted octanol–water partition coefficient (Wildman–Crippen LogP) is 0.856. The molecule has 5 heteroatoms. The van der Waals surface area contributed by atoms with Crippen LogP contribution in [0.3, 0.4) is 0 Å². The van der Waals surface area contributed by atoms with E-state index in [1.54, 1.807) is 12.1 Å². The van der Waals surface area contributed by atoms with E-state index in [9.17, 15) is 4.79 Å². The zero-order chi connectivity index (χ0) is 11.5. The number of nitrogens with two attached hydrogens (primary N) is 1. The number of carbonyl (C=O) groups is 1. The summed E-state index contributed by atoms with van der Waals surface area (Å²) in [6.45, 7) is 0.748. The molecule has 1 fully saturated rings. The van der Waals surface area contributed by atoms with Gasteiger partial charge in [-0.15, -0.1) is 0 Å². The van der Waals surface area contributed by atoms with Gasteiger partial charge in [-0.2, -0.15) is 0 Å². The van der Waals surface area contributed by atoms with Gasteiger partial charge in [0, 0.05) is 18.3 Å². The van der Waals surface area contributed by atoms with Crippen LogP contribution in [0, 0.1) is 5.92 Å². The Bertz CT molecular complexity index is 412. The largest absolute Gasteiger partial charge is 0.389 e. The third-order valence-electron chi connectivity index (χ3n) is 2.53. The zero-order valence-electron chi connectivity index (χ0n) is 8.77. The van der Waals surface area contributed by atoms with E-state index in [0.29, 0.717) is 17.2 Å². The normalized spacial score (nSPS) is 14.5. The number of nitrogens with zero attached hydrogens (tertiary/aromatic N) is 1. The predicted molar refractivity (Wildman–Crippen MR) is 65.2 cm³/mol. The Morgan fingerprint density at radius 1 is 1.56 bits per heavy atom. The number of aromatic nitrogens is 1. The summed E-state index contributed by atoms with van der Waals surface area (Å²) in [6.07, 6.45) is 3.95. The molecule has 0 atom stereocenters. The number of pyridine rings is 1. The summed E-state index contributed by atoms with van der Waals surface area (Å²) in [5.74, 6) is 0.529. The van der Waals surface area contributed by atoms with E-state index in [1.165, 1.54) is 19.0 Å². The first-order valence-electron chi connectivity index (χ1n) is 5.21. The van der Waals surface area contributed by atoms with Gasteiger partial charge in [-0.1, -0.05) is 12.2 Å². The molecule has 0 saturated heterocycles. The Hall–Kier alpha value is -1.49. The molecule has 1 saturated carbocycles. The summed E-state index contributed by atoms with van der Waals surface area (Å²) in [7, 11) is 0. The lowest BCUT2D eigenvalue weighted by Gasteiger charge is -2.03. The SMILES string of the molecule is NC(=S)c1ccc(C(=O)NCC2CC2)nc1. The lowest BCUT2D eigenvalue weighted by atomic mass is 10.2. The number of carbonyl (C=O) groups excluding carboxylic acids is 1. The fraction of sp³-hybridized carbons (Fsp3) is 0.364. The van der Waals surface area contributed by atoms with Gasteiger partial charge in [0.25, 0.3) is 5.91 Å². The third-order valence-corrected chi connectivity index (χ3v) is 2.76. The van der Waals surface area contributed by atoms with E-state index in [0.717, 1.165) is 6.54 Å². The van der Waals surface area contributed by atoms with Crippen LogP contribution >= 0.6 is 12.2 Å². The number of hydrogen-bond donors (Lipinski definition) is 2. The van der Waals surface area contributed by atoms with Gasteiger partial charge in [0.15, 0.2) is 0 Å². The van der Waals surface area contributed by atoms with E-state index < -0.39 is 0 Å².